The number of aliphatic carboxylic acids is 2. The predicted octanol–water partition coefficient (Wildman–Crippen LogP) is -7.97. The molecule has 0 heterocycles. The van der Waals surface area contributed by atoms with Gasteiger partial charge in [-0.25, -0.2) is 0 Å². The average Bonchev–Trinajstić information content (AvgIpc) is 2.38. The molecule has 0 radical (unpaired) electrons. The van der Waals surface area contributed by atoms with E-state index in [9.17, 15) is 19.2 Å². The Morgan fingerprint density at radius 1 is 1.18 bits per heavy atom. The van der Waals surface area contributed by atoms with Crippen molar-refractivity contribution in [3.05, 3.63) is 0 Å². The SMILES string of the molecule is N[C@H](CCC(=O)N[C@H](CS)C(=O)NCC(=O)O)C(=O)O.[H-].[H-].[Na+].[Na+]. The first kappa shape index (κ1) is 27.1. The molecule has 0 fully saturated rings. The second-order valence-electron chi connectivity index (χ2n) is 3.90. The van der Waals surface area contributed by atoms with Crippen molar-refractivity contribution in [2.24, 2.45) is 5.73 Å². The molecule has 0 aromatic carbocycles. The molecule has 118 valence electrons. The van der Waals surface area contributed by atoms with Gasteiger partial charge in [0.15, 0.2) is 0 Å². The fourth-order valence-electron chi connectivity index (χ4n) is 1.16. The predicted molar refractivity (Wildman–Crippen MR) is 73.5 cm³/mol. The largest absolute Gasteiger partial charge is 1.00 e. The summed E-state index contributed by atoms with van der Waals surface area (Å²) in [5, 5.41) is 21.4. The Balaban J connectivity index is -0.000000301. The molecule has 9 nitrogen and oxygen atoms in total. The molecule has 0 aliphatic carbocycles. The molecular formula is C10H19N3Na2O6S. The minimum Gasteiger partial charge on any atom is -1.00 e. The Morgan fingerprint density at radius 2 is 1.73 bits per heavy atom. The standard InChI is InChI=1S/C10H17N3O6S.2Na.2H/c11-5(10(18)19)1-2-7(14)13-6(4-20)9(17)12-3-8(15)16;;;;/h5-6,20H,1-4,11H2,(H,12,17)(H,13,14)(H,15,16)(H,18,19);;;;/q;2*+1;2*-1/t5-,6-;;;;/m1..../s1. The van der Waals surface area contributed by atoms with Gasteiger partial charge in [-0.05, 0) is 6.42 Å². The van der Waals surface area contributed by atoms with Crippen LogP contribution in [0, 0.1) is 0 Å². The first-order valence-corrected chi connectivity index (χ1v) is 6.29. The van der Waals surface area contributed by atoms with Crippen molar-refractivity contribution < 1.29 is 91.4 Å². The topological polar surface area (TPSA) is 159 Å². The van der Waals surface area contributed by atoms with Crippen LogP contribution in [-0.2, 0) is 19.2 Å². The van der Waals surface area contributed by atoms with E-state index in [1.54, 1.807) is 0 Å². The first-order valence-electron chi connectivity index (χ1n) is 5.66. The first-order chi connectivity index (χ1) is 9.27. The summed E-state index contributed by atoms with van der Waals surface area (Å²) in [6.45, 7) is -0.567. The van der Waals surface area contributed by atoms with Gasteiger partial charge in [0.1, 0.15) is 18.6 Å². The molecule has 2 atom stereocenters. The number of carbonyl (C=O) groups excluding carboxylic acids is 2. The van der Waals surface area contributed by atoms with Crippen molar-refractivity contribution in [3.63, 3.8) is 0 Å². The van der Waals surface area contributed by atoms with Crippen LogP contribution < -0.4 is 75.5 Å². The van der Waals surface area contributed by atoms with E-state index >= 15 is 0 Å². The minimum atomic E-state index is -1.22. The Hall–Kier alpha value is 0.190. The molecule has 6 N–H and O–H groups in total. The van der Waals surface area contributed by atoms with Crippen molar-refractivity contribution in [2.75, 3.05) is 12.3 Å². The van der Waals surface area contributed by atoms with Crippen LogP contribution in [0.2, 0.25) is 0 Å². The molecule has 0 aliphatic heterocycles. The van der Waals surface area contributed by atoms with Crippen LogP contribution in [0.15, 0.2) is 0 Å². The van der Waals surface area contributed by atoms with E-state index in [2.05, 4.69) is 23.3 Å². The number of hydrogen-bond acceptors (Lipinski definition) is 6. The molecule has 0 unspecified atom stereocenters. The molecule has 0 aromatic rings. The van der Waals surface area contributed by atoms with E-state index in [0.717, 1.165) is 0 Å². The van der Waals surface area contributed by atoms with E-state index < -0.39 is 42.4 Å². The maximum absolute atomic E-state index is 11.5. The molecule has 0 saturated heterocycles. The second kappa shape index (κ2) is 14.8. The number of amides is 2. The van der Waals surface area contributed by atoms with Crippen LogP contribution in [0.1, 0.15) is 15.7 Å². The number of carboxylic acids is 2. The third-order valence-electron chi connectivity index (χ3n) is 2.25. The molecule has 22 heavy (non-hydrogen) atoms. The fraction of sp³-hybridized carbons (Fsp3) is 0.600. The molecule has 0 aromatic heterocycles. The van der Waals surface area contributed by atoms with Gasteiger partial charge in [-0.3, -0.25) is 19.2 Å². The van der Waals surface area contributed by atoms with Crippen LogP contribution >= 0.6 is 12.6 Å². The number of carboxylic acid groups (broad SMARTS) is 2. The van der Waals surface area contributed by atoms with E-state index in [1.807, 2.05) is 0 Å². The van der Waals surface area contributed by atoms with Crippen LogP contribution in [0.3, 0.4) is 0 Å². The van der Waals surface area contributed by atoms with Gasteiger partial charge in [0.2, 0.25) is 11.8 Å². The molecule has 0 bridgehead atoms. The molecule has 2 amide bonds. The minimum absolute atomic E-state index is 0. The number of nitrogens with one attached hydrogen (secondary N) is 2. The van der Waals surface area contributed by atoms with Crippen molar-refractivity contribution in [2.45, 2.75) is 24.9 Å². The van der Waals surface area contributed by atoms with Gasteiger partial charge in [-0.2, -0.15) is 12.6 Å². The Kier molecular flexibility index (Phi) is 18.2. The summed E-state index contributed by atoms with van der Waals surface area (Å²) in [7, 11) is 0. The summed E-state index contributed by atoms with van der Waals surface area (Å²) in [6.07, 6.45) is -0.235. The monoisotopic (exact) mass is 355 g/mol. The third-order valence-corrected chi connectivity index (χ3v) is 2.61. The van der Waals surface area contributed by atoms with Gasteiger partial charge in [0, 0.05) is 12.2 Å². The quantitative estimate of drug-likeness (QED) is 0.177. The number of rotatable bonds is 9. The van der Waals surface area contributed by atoms with Crippen LogP contribution in [-0.4, -0.2) is 58.3 Å². The van der Waals surface area contributed by atoms with Crippen LogP contribution in [0.4, 0.5) is 0 Å². The zero-order valence-corrected chi connectivity index (χ0v) is 17.4. The maximum atomic E-state index is 11.5. The fourth-order valence-corrected chi connectivity index (χ4v) is 1.41. The normalized spacial score (nSPS) is 11.9. The summed E-state index contributed by atoms with van der Waals surface area (Å²) >= 11 is 3.87. The second-order valence-corrected chi connectivity index (χ2v) is 4.26. The van der Waals surface area contributed by atoms with E-state index in [-0.39, 0.29) is 80.6 Å². The number of nitrogens with two attached hydrogens (primary N) is 1. The summed E-state index contributed by atoms with van der Waals surface area (Å²) < 4.78 is 0. The molecule has 0 saturated carbocycles. The van der Waals surface area contributed by atoms with Gasteiger partial charge in [0.05, 0.1) is 0 Å². The van der Waals surface area contributed by atoms with Gasteiger partial charge in [-0.15, -0.1) is 0 Å². The van der Waals surface area contributed by atoms with Gasteiger partial charge in [-0.1, -0.05) is 0 Å². The smallest absolute Gasteiger partial charge is 1.00 e. The van der Waals surface area contributed by atoms with Crippen molar-refractivity contribution in [3.8, 4) is 0 Å². The van der Waals surface area contributed by atoms with E-state index in [4.69, 9.17) is 15.9 Å². The summed E-state index contributed by atoms with van der Waals surface area (Å²) in [6, 6.07) is -2.15. The van der Waals surface area contributed by atoms with Crippen molar-refractivity contribution in [1.29, 1.82) is 0 Å². The average molecular weight is 355 g/mol. The number of carbonyl (C=O) groups is 4. The Bertz CT molecular complexity index is 409. The van der Waals surface area contributed by atoms with Crippen molar-refractivity contribution >= 4 is 36.4 Å². The zero-order valence-electron chi connectivity index (χ0n) is 14.5. The van der Waals surface area contributed by atoms with Gasteiger partial charge in [0.25, 0.3) is 0 Å². The Morgan fingerprint density at radius 3 is 2.14 bits per heavy atom. The van der Waals surface area contributed by atoms with Crippen molar-refractivity contribution in [1.82, 2.24) is 10.6 Å². The van der Waals surface area contributed by atoms with E-state index in [1.165, 1.54) is 0 Å². The van der Waals surface area contributed by atoms with E-state index in [0.29, 0.717) is 0 Å². The molecule has 0 spiro atoms. The van der Waals surface area contributed by atoms with Crippen LogP contribution in [0.5, 0.6) is 0 Å². The summed E-state index contributed by atoms with van der Waals surface area (Å²) in [5.41, 5.74) is 5.23. The summed E-state index contributed by atoms with van der Waals surface area (Å²) in [4.78, 5) is 43.7. The number of thiol groups is 1. The molecular weight excluding hydrogens is 336 g/mol. The Labute approximate surface area is 180 Å². The molecule has 12 heteroatoms. The van der Waals surface area contributed by atoms with Gasteiger partial charge >= 0.3 is 71.1 Å². The molecule has 0 rings (SSSR count). The maximum Gasteiger partial charge on any atom is 1.00 e. The third kappa shape index (κ3) is 12.7. The van der Waals surface area contributed by atoms with Gasteiger partial charge < -0.3 is 29.4 Å². The number of hydrogen-bond donors (Lipinski definition) is 6. The summed E-state index contributed by atoms with van der Waals surface area (Å²) in [5.74, 6) is -3.70. The zero-order chi connectivity index (χ0) is 15.7. The molecule has 0 aliphatic rings. The van der Waals surface area contributed by atoms with Crippen LogP contribution in [0.25, 0.3) is 0 Å².